The molecule has 0 spiro atoms. The van der Waals surface area contributed by atoms with Gasteiger partial charge in [-0.05, 0) is 13.8 Å². The molecule has 3 rings (SSSR count). The second-order valence-corrected chi connectivity index (χ2v) is 4.91. The molecule has 0 aliphatic rings. The third-order valence-electron chi connectivity index (χ3n) is 3.32. The van der Waals surface area contributed by atoms with E-state index in [4.69, 9.17) is 4.52 Å². The summed E-state index contributed by atoms with van der Waals surface area (Å²) in [7, 11) is 0. The number of Topliss-reactive ketones (excluding diaryl/α,β-unsaturated/α-hetero) is 1. The summed E-state index contributed by atoms with van der Waals surface area (Å²) in [6.45, 7) is 3.56. The van der Waals surface area contributed by atoms with Crippen LogP contribution in [0.4, 0.5) is 0 Å². The highest BCUT2D eigenvalue weighted by Crippen LogP contribution is 2.10. The summed E-state index contributed by atoms with van der Waals surface area (Å²) in [6.07, 6.45) is 1.31. The van der Waals surface area contributed by atoms with E-state index in [0.29, 0.717) is 16.6 Å². The molecular weight excluding hydrogens is 270 g/mol. The molecule has 106 valence electrons. The van der Waals surface area contributed by atoms with Gasteiger partial charge in [0.15, 0.2) is 5.78 Å². The number of hydrogen-bond donors (Lipinski definition) is 0. The molecular formula is C15H13N3O3. The smallest absolute Gasteiger partial charge is 0.267 e. The molecule has 2 heterocycles. The number of benzene rings is 1. The van der Waals surface area contributed by atoms with Crippen molar-refractivity contribution in [3.8, 4) is 0 Å². The van der Waals surface area contributed by atoms with E-state index in [1.807, 2.05) is 19.1 Å². The Morgan fingerprint density at radius 3 is 2.67 bits per heavy atom. The van der Waals surface area contributed by atoms with Crippen molar-refractivity contribution in [3.05, 3.63) is 57.8 Å². The molecule has 21 heavy (non-hydrogen) atoms. The molecule has 0 N–H and O–H groups in total. The van der Waals surface area contributed by atoms with E-state index in [0.717, 1.165) is 5.56 Å². The minimum Gasteiger partial charge on any atom is -0.335 e. The zero-order valence-corrected chi connectivity index (χ0v) is 11.7. The van der Waals surface area contributed by atoms with Crippen LogP contribution in [0.5, 0.6) is 0 Å². The van der Waals surface area contributed by atoms with Gasteiger partial charge in [0, 0.05) is 5.56 Å². The Labute approximate surface area is 120 Å². The number of aromatic nitrogens is 3. The number of fused-ring (bicyclic) bond motifs is 1. The van der Waals surface area contributed by atoms with Crippen molar-refractivity contribution in [3.63, 3.8) is 0 Å². The van der Waals surface area contributed by atoms with Gasteiger partial charge in [-0.2, -0.15) is 0 Å². The first-order valence-electron chi connectivity index (χ1n) is 6.47. The van der Waals surface area contributed by atoms with Crippen molar-refractivity contribution in [2.24, 2.45) is 0 Å². The van der Waals surface area contributed by atoms with E-state index in [1.165, 1.54) is 10.9 Å². The van der Waals surface area contributed by atoms with Crippen molar-refractivity contribution < 1.29 is 9.32 Å². The van der Waals surface area contributed by atoms with Crippen molar-refractivity contribution in [2.45, 2.75) is 20.4 Å². The number of hydrogen-bond acceptors (Lipinski definition) is 5. The monoisotopic (exact) mass is 283 g/mol. The van der Waals surface area contributed by atoms with Gasteiger partial charge in [-0.25, -0.2) is 4.98 Å². The van der Waals surface area contributed by atoms with Gasteiger partial charge in [-0.15, -0.1) is 0 Å². The van der Waals surface area contributed by atoms with Gasteiger partial charge < -0.3 is 4.52 Å². The minimum absolute atomic E-state index is 0.0601. The van der Waals surface area contributed by atoms with Crippen molar-refractivity contribution in [2.75, 3.05) is 0 Å². The normalized spacial score (nSPS) is 11.0. The van der Waals surface area contributed by atoms with E-state index in [2.05, 4.69) is 10.1 Å². The number of aryl methyl sites for hydroxylation is 2. The lowest BCUT2D eigenvalue weighted by molar-refractivity contribution is 0.0970. The lowest BCUT2D eigenvalue weighted by atomic mass is 10.1. The molecule has 1 aromatic carbocycles. The van der Waals surface area contributed by atoms with Crippen LogP contribution in [0.25, 0.3) is 11.1 Å². The van der Waals surface area contributed by atoms with Crippen LogP contribution < -0.4 is 5.56 Å². The van der Waals surface area contributed by atoms with Crippen LogP contribution in [0, 0.1) is 13.8 Å². The standard InChI is InChI=1S/C15H13N3O3/c1-9-3-5-11(6-4-9)12(19)7-18-8-16-14-13(15(18)20)10(2)17-21-14/h3-6,8H,7H2,1-2H3. The average Bonchev–Trinajstić information content (AvgIpc) is 2.85. The van der Waals surface area contributed by atoms with Crippen LogP contribution in [0.3, 0.4) is 0 Å². The molecule has 0 fully saturated rings. The fourth-order valence-corrected chi connectivity index (χ4v) is 2.11. The first kappa shape index (κ1) is 13.2. The van der Waals surface area contributed by atoms with E-state index < -0.39 is 0 Å². The maximum atomic E-state index is 12.3. The molecule has 6 nitrogen and oxygen atoms in total. The predicted octanol–water partition coefficient (Wildman–Crippen LogP) is 1.88. The summed E-state index contributed by atoms with van der Waals surface area (Å²) < 4.78 is 6.20. The number of carbonyl (C=O) groups is 1. The van der Waals surface area contributed by atoms with E-state index in [9.17, 15) is 9.59 Å². The summed E-state index contributed by atoms with van der Waals surface area (Å²) in [6, 6.07) is 7.22. The highest BCUT2D eigenvalue weighted by Gasteiger charge is 2.14. The highest BCUT2D eigenvalue weighted by molar-refractivity contribution is 5.96. The fraction of sp³-hybridized carbons (Fsp3) is 0.200. The van der Waals surface area contributed by atoms with Crippen LogP contribution in [0.2, 0.25) is 0 Å². The summed E-state index contributed by atoms with van der Waals surface area (Å²) >= 11 is 0. The van der Waals surface area contributed by atoms with Crippen LogP contribution in [0.15, 0.2) is 39.9 Å². The Morgan fingerprint density at radius 1 is 1.24 bits per heavy atom. The first-order valence-corrected chi connectivity index (χ1v) is 6.47. The van der Waals surface area contributed by atoms with Crippen LogP contribution in [-0.4, -0.2) is 20.5 Å². The molecule has 0 radical (unpaired) electrons. The van der Waals surface area contributed by atoms with Gasteiger partial charge in [-0.1, -0.05) is 35.0 Å². The first-order chi connectivity index (χ1) is 10.1. The Morgan fingerprint density at radius 2 is 1.95 bits per heavy atom. The zero-order valence-electron chi connectivity index (χ0n) is 11.7. The molecule has 0 unspecified atom stereocenters. The SMILES string of the molecule is Cc1ccc(C(=O)Cn2cnc3onc(C)c3c2=O)cc1. The van der Waals surface area contributed by atoms with Gasteiger partial charge in [0.1, 0.15) is 11.7 Å². The Hall–Kier alpha value is -2.76. The Bertz CT molecular complexity index is 875. The quantitative estimate of drug-likeness (QED) is 0.686. The van der Waals surface area contributed by atoms with E-state index in [-0.39, 0.29) is 23.6 Å². The van der Waals surface area contributed by atoms with E-state index >= 15 is 0 Å². The van der Waals surface area contributed by atoms with Gasteiger partial charge >= 0.3 is 0 Å². The predicted molar refractivity (Wildman–Crippen MR) is 76.3 cm³/mol. The summed E-state index contributed by atoms with van der Waals surface area (Å²) in [5.74, 6) is -0.146. The largest absolute Gasteiger partial charge is 0.335 e. The maximum absolute atomic E-state index is 12.3. The number of nitrogens with zero attached hydrogens (tertiary/aromatic N) is 3. The molecule has 0 amide bonds. The van der Waals surface area contributed by atoms with Crippen molar-refractivity contribution >= 4 is 16.9 Å². The summed E-state index contributed by atoms with van der Waals surface area (Å²) in [4.78, 5) is 28.5. The second-order valence-electron chi connectivity index (χ2n) is 4.91. The molecule has 0 bridgehead atoms. The molecule has 2 aromatic heterocycles. The Kier molecular flexibility index (Phi) is 3.13. The highest BCUT2D eigenvalue weighted by atomic mass is 16.5. The lowest BCUT2D eigenvalue weighted by Crippen LogP contribution is -2.24. The van der Waals surface area contributed by atoms with E-state index in [1.54, 1.807) is 19.1 Å². The molecule has 0 aliphatic heterocycles. The maximum Gasteiger partial charge on any atom is 0.267 e. The minimum atomic E-state index is -0.320. The van der Waals surface area contributed by atoms with Gasteiger partial charge in [0.2, 0.25) is 0 Å². The lowest BCUT2D eigenvalue weighted by Gasteiger charge is -2.04. The third-order valence-corrected chi connectivity index (χ3v) is 3.32. The fourth-order valence-electron chi connectivity index (χ4n) is 2.11. The van der Waals surface area contributed by atoms with Crippen molar-refractivity contribution in [1.29, 1.82) is 0 Å². The van der Waals surface area contributed by atoms with Crippen LogP contribution >= 0.6 is 0 Å². The zero-order chi connectivity index (χ0) is 15.0. The number of carbonyl (C=O) groups excluding carboxylic acids is 1. The Balaban J connectivity index is 1.96. The second kappa shape index (κ2) is 4.97. The molecule has 0 saturated carbocycles. The summed E-state index contributed by atoms with van der Waals surface area (Å²) in [5, 5.41) is 4.02. The molecule has 6 heteroatoms. The molecule has 0 aliphatic carbocycles. The summed E-state index contributed by atoms with van der Waals surface area (Å²) in [5.41, 5.74) is 1.98. The third kappa shape index (κ3) is 2.35. The van der Waals surface area contributed by atoms with Crippen molar-refractivity contribution in [1.82, 2.24) is 14.7 Å². The van der Waals surface area contributed by atoms with Gasteiger partial charge in [-0.3, -0.25) is 14.2 Å². The molecule has 0 saturated heterocycles. The topological polar surface area (TPSA) is 78.0 Å². The average molecular weight is 283 g/mol. The number of rotatable bonds is 3. The van der Waals surface area contributed by atoms with Crippen LogP contribution in [-0.2, 0) is 6.54 Å². The molecule has 0 atom stereocenters. The number of ketones is 1. The van der Waals surface area contributed by atoms with Gasteiger partial charge in [0.05, 0.1) is 12.2 Å². The van der Waals surface area contributed by atoms with Gasteiger partial charge in [0.25, 0.3) is 11.3 Å². The molecule has 3 aromatic rings. The van der Waals surface area contributed by atoms with Crippen LogP contribution in [0.1, 0.15) is 21.6 Å².